The summed E-state index contributed by atoms with van der Waals surface area (Å²) in [7, 11) is -3.87. The standard InChI is InChI=1S/C30H30F3NO6S/c1-3-38-28(35)18-39-27-12-10-25(15-20(27)2)41(36,37)34-17-23-16-22(7-11-26(23)29(19-34)13-4-14-29)21-5-8-24(9-6-21)40-30(31,32)33/h5-12,15-16H,3-4,13-14,17-19H2,1-2H3. The number of nitrogens with zero attached hydrogens (tertiary/aromatic N) is 1. The zero-order valence-electron chi connectivity index (χ0n) is 22.7. The second kappa shape index (κ2) is 11.0. The molecule has 3 aromatic rings. The summed E-state index contributed by atoms with van der Waals surface area (Å²) in [6.07, 6.45) is -2.03. The lowest BCUT2D eigenvalue weighted by atomic mass is 9.62. The molecule has 0 bridgehead atoms. The van der Waals surface area contributed by atoms with E-state index in [1.807, 2.05) is 18.2 Å². The van der Waals surface area contributed by atoms with Gasteiger partial charge >= 0.3 is 12.3 Å². The van der Waals surface area contributed by atoms with Gasteiger partial charge in [0.15, 0.2) is 6.61 Å². The van der Waals surface area contributed by atoms with Crippen molar-refractivity contribution < 1.29 is 40.6 Å². The van der Waals surface area contributed by atoms with Gasteiger partial charge in [0.05, 0.1) is 11.5 Å². The van der Waals surface area contributed by atoms with Gasteiger partial charge in [0.1, 0.15) is 11.5 Å². The van der Waals surface area contributed by atoms with Crippen LogP contribution in [0.5, 0.6) is 11.5 Å². The fourth-order valence-electron chi connectivity index (χ4n) is 5.57. The van der Waals surface area contributed by atoms with Crippen LogP contribution in [0.3, 0.4) is 0 Å². The number of ether oxygens (including phenoxy) is 3. The van der Waals surface area contributed by atoms with Crippen molar-refractivity contribution in [3.63, 3.8) is 0 Å². The number of carbonyl (C=O) groups is 1. The highest BCUT2D eigenvalue weighted by atomic mass is 32.2. The lowest BCUT2D eigenvalue weighted by molar-refractivity contribution is -0.274. The van der Waals surface area contributed by atoms with Crippen molar-refractivity contribution in [1.82, 2.24) is 4.31 Å². The summed E-state index contributed by atoms with van der Waals surface area (Å²) in [6.45, 7) is 3.92. The van der Waals surface area contributed by atoms with E-state index < -0.39 is 22.4 Å². The molecule has 0 saturated heterocycles. The van der Waals surface area contributed by atoms with Crippen LogP contribution in [0, 0.1) is 6.92 Å². The highest BCUT2D eigenvalue weighted by molar-refractivity contribution is 7.89. The average molecular weight is 590 g/mol. The summed E-state index contributed by atoms with van der Waals surface area (Å²) in [4.78, 5) is 11.8. The van der Waals surface area contributed by atoms with Crippen molar-refractivity contribution in [2.45, 2.75) is 56.3 Å². The van der Waals surface area contributed by atoms with Crippen molar-refractivity contribution in [1.29, 1.82) is 0 Å². The maximum Gasteiger partial charge on any atom is 0.573 e. The second-order valence-electron chi connectivity index (χ2n) is 10.4. The van der Waals surface area contributed by atoms with Crippen LogP contribution in [0.2, 0.25) is 0 Å². The van der Waals surface area contributed by atoms with Gasteiger partial charge in [-0.15, -0.1) is 13.2 Å². The zero-order chi connectivity index (χ0) is 29.4. The highest BCUT2D eigenvalue weighted by Gasteiger charge is 2.47. The van der Waals surface area contributed by atoms with Gasteiger partial charge in [-0.1, -0.05) is 30.7 Å². The van der Waals surface area contributed by atoms with E-state index in [0.717, 1.165) is 36.0 Å². The molecule has 1 fully saturated rings. The summed E-state index contributed by atoms with van der Waals surface area (Å²) < 4.78 is 81.2. The number of fused-ring (bicyclic) bond motifs is 2. The molecule has 0 N–H and O–H groups in total. The molecule has 0 radical (unpaired) electrons. The van der Waals surface area contributed by atoms with Crippen molar-refractivity contribution >= 4 is 16.0 Å². The van der Waals surface area contributed by atoms with E-state index in [4.69, 9.17) is 9.47 Å². The molecule has 1 aliphatic carbocycles. The molecule has 0 amide bonds. The van der Waals surface area contributed by atoms with Crippen LogP contribution in [0.4, 0.5) is 13.2 Å². The highest BCUT2D eigenvalue weighted by Crippen LogP contribution is 2.50. The van der Waals surface area contributed by atoms with Gasteiger partial charge in [0.2, 0.25) is 10.0 Å². The predicted molar refractivity (Wildman–Crippen MR) is 145 cm³/mol. The van der Waals surface area contributed by atoms with Crippen molar-refractivity contribution in [3.05, 3.63) is 77.4 Å². The lowest BCUT2D eigenvalue weighted by Gasteiger charge is -2.49. The molecular weight excluding hydrogens is 559 g/mol. The quantitative estimate of drug-likeness (QED) is 0.294. The molecule has 1 aliphatic heterocycles. The SMILES string of the molecule is CCOC(=O)COc1ccc(S(=O)(=O)N2Cc3cc(-c4ccc(OC(F)(F)F)cc4)ccc3C3(CCC3)C2)cc1C. The second-order valence-corrected chi connectivity index (χ2v) is 12.3. The minimum atomic E-state index is -4.77. The van der Waals surface area contributed by atoms with E-state index in [-0.39, 0.29) is 35.8 Å². The number of hydrogen-bond acceptors (Lipinski definition) is 6. The van der Waals surface area contributed by atoms with Crippen LogP contribution >= 0.6 is 0 Å². The minimum absolute atomic E-state index is 0.132. The number of benzene rings is 3. The van der Waals surface area contributed by atoms with E-state index in [1.165, 1.54) is 22.5 Å². The van der Waals surface area contributed by atoms with Crippen LogP contribution in [-0.2, 0) is 31.5 Å². The number of carbonyl (C=O) groups excluding carboxylic acids is 1. The molecular formula is C30H30F3NO6S. The van der Waals surface area contributed by atoms with Crippen molar-refractivity contribution in [3.8, 4) is 22.6 Å². The third-order valence-electron chi connectivity index (χ3n) is 7.67. The Morgan fingerprint density at radius 1 is 1.00 bits per heavy atom. The van der Waals surface area contributed by atoms with Crippen LogP contribution in [0.25, 0.3) is 11.1 Å². The van der Waals surface area contributed by atoms with E-state index >= 15 is 0 Å². The van der Waals surface area contributed by atoms with Gasteiger partial charge in [-0.3, -0.25) is 0 Å². The summed E-state index contributed by atoms with van der Waals surface area (Å²) in [5, 5.41) is 0. The number of rotatable bonds is 8. The van der Waals surface area contributed by atoms with Gasteiger partial charge < -0.3 is 14.2 Å². The van der Waals surface area contributed by atoms with Gasteiger partial charge in [-0.2, -0.15) is 4.31 Å². The number of hydrogen-bond donors (Lipinski definition) is 0. The molecule has 1 spiro atoms. The first kappa shape index (κ1) is 28.9. The number of esters is 1. The Kier molecular flexibility index (Phi) is 7.78. The van der Waals surface area contributed by atoms with Gasteiger partial charge in [-0.05, 0) is 90.9 Å². The largest absolute Gasteiger partial charge is 0.573 e. The van der Waals surface area contributed by atoms with E-state index in [0.29, 0.717) is 23.4 Å². The molecule has 5 rings (SSSR count). The molecule has 1 saturated carbocycles. The molecule has 0 atom stereocenters. The maximum absolute atomic E-state index is 13.9. The van der Waals surface area contributed by atoms with Crippen molar-refractivity contribution in [2.75, 3.05) is 19.8 Å². The first-order valence-electron chi connectivity index (χ1n) is 13.3. The first-order chi connectivity index (χ1) is 19.4. The zero-order valence-corrected chi connectivity index (χ0v) is 23.5. The monoisotopic (exact) mass is 589 g/mol. The summed E-state index contributed by atoms with van der Waals surface area (Å²) in [5.41, 5.74) is 3.76. The predicted octanol–water partition coefficient (Wildman–Crippen LogP) is 6.13. The smallest absolute Gasteiger partial charge is 0.482 e. The Morgan fingerprint density at radius 3 is 2.32 bits per heavy atom. The molecule has 3 aromatic carbocycles. The lowest BCUT2D eigenvalue weighted by Crippen LogP contribution is -2.51. The summed E-state index contributed by atoms with van der Waals surface area (Å²) >= 11 is 0. The number of alkyl halides is 3. The number of aryl methyl sites for hydroxylation is 1. The maximum atomic E-state index is 13.9. The van der Waals surface area contributed by atoms with Gasteiger partial charge in [0, 0.05) is 18.5 Å². The molecule has 0 aromatic heterocycles. The normalized spacial score (nSPS) is 16.5. The van der Waals surface area contributed by atoms with Crippen molar-refractivity contribution in [2.24, 2.45) is 0 Å². The topological polar surface area (TPSA) is 82.1 Å². The fourth-order valence-corrected chi connectivity index (χ4v) is 7.16. The molecule has 0 unspecified atom stereocenters. The van der Waals surface area contributed by atoms with Gasteiger partial charge in [-0.25, -0.2) is 13.2 Å². The van der Waals surface area contributed by atoms with Crippen LogP contribution < -0.4 is 9.47 Å². The Morgan fingerprint density at radius 2 is 1.71 bits per heavy atom. The number of sulfonamides is 1. The van der Waals surface area contributed by atoms with E-state index in [2.05, 4.69) is 4.74 Å². The first-order valence-corrected chi connectivity index (χ1v) is 14.7. The summed E-state index contributed by atoms with van der Waals surface area (Å²) in [6, 6.07) is 16.1. The van der Waals surface area contributed by atoms with E-state index in [9.17, 15) is 26.4 Å². The van der Waals surface area contributed by atoms with E-state index in [1.54, 1.807) is 38.1 Å². The molecule has 218 valence electrons. The van der Waals surface area contributed by atoms with Crippen LogP contribution in [0.15, 0.2) is 65.6 Å². The number of halogens is 3. The Bertz CT molecular complexity index is 1550. The van der Waals surface area contributed by atoms with Crippen LogP contribution in [-0.4, -0.2) is 44.8 Å². The molecule has 11 heteroatoms. The third-order valence-corrected chi connectivity index (χ3v) is 9.46. The fraction of sp³-hybridized carbons (Fsp3) is 0.367. The Balaban J connectivity index is 1.40. The molecule has 2 aliphatic rings. The van der Waals surface area contributed by atoms with Crippen LogP contribution in [0.1, 0.15) is 42.9 Å². The minimum Gasteiger partial charge on any atom is -0.482 e. The average Bonchev–Trinajstić information content (AvgIpc) is 2.90. The Hall–Kier alpha value is -3.57. The Labute approximate surface area is 236 Å². The molecule has 7 nitrogen and oxygen atoms in total. The molecule has 41 heavy (non-hydrogen) atoms. The third kappa shape index (κ3) is 6.06. The summed E-state index contributed by atoms with van der Waals surface area (Å²) in [5.74, 6) is -0.420. The molecule has 1 heterocycles. The van der Waals surface area contributed by atoms with Gasteiger partial charge in [0.25, 0.3) is 0 Å².